The van der Waals surface area contributed by atoms with E-state index in [0.717, 1.165) is 23.8 Å². The highest BCUT2D eigenvalue weighted by molar-refractivity contribution is 8.00. The van der Waals surface area contributed by atoms with Crippen LogP contribution >= 0.6 is 23.4 Å². The fraction of sp³-hybridized carbons (Fsp3) is 0.477. The lowest BCUT2D eigenvalue weighted by Gasteiger charge is -2.33. The van der Waals surface area contributed by atoms with Crippen LogP contribution in [0.25, 0.3) is 21.8 Å². The Hall–Kier alpha value is -13.1. The number of amides is 17. The molecule has 1 aliphatic heterocycles. The van der Waals surface area contributed by atoms with Gasteiger partial charge in [0.1, 0.15) is 72.5 Å². The number of carbonyl (C=O) groups is 18. The number of aliphatic hydroxyl groups excluding tert-OH is 1. The van der Waals surface area contributed by atoms with Crippen molar-refractivity contribution in [1.82, 2.24) is 77.1 Å². The summed E-state index contributed by atoms with van der Waals surface area (Å²) in [5.74, 6) is -21.0. The molecule has 1 saturated heterocycles. The van der Waals surface area contributed by atoms with Gasteiger partial charge in [-0.15, -0.1) is 11.8 Å². The van der Waals surface area contributed by atoms with E-state index in [0.29, 0.717) is 50.3 Å². The van der Waals surface area contributed by atoms with Crippen LogP contribution in [0.15, 0.2) is 104 Å². The smallest absolute Gasteiger partial charge is 0.303 e. The molecule has 6 aromatic rings. The third kappa shape index (κ3) is 30.9. The first kappa shape index (κ1) is 103. The van der Waals surface area contributed by atoms with Gasteiger partial charge in [-0.05, 0) is 130 Å². The number of primary amides is 5. The summed E-state index contributed by atoms with van der Waals surface area (Å²) in [7, 11) is 5.66. The number of unbranched alkanes of at least 4 members (excludes halogenated alkanes) is 1. The second-order valence-electron chi connectivity index (χ2n) is 32.3. The standard InChI is InChI=1S/C86H116ClN21O20S/c1-45(2)33-58-78(120)98-57(25-15-28-68(90)111)85(127)107(6)65(29-30-71(114)115)82(124)101-59(38-51-42-106(5)73-53(51)21-13-22-54(73)87)79(121)96-55(23-10-11-31-88)76(118)100-60(37-50-41-105(4)64-26-9-8-20-52(50)64)81(123)104-72(46(3)109)84(126)97-56(24-14-27-67(89)110)77(119)103-63(75(93)117)43-129-44-70(113)95-62(35-47-17-12-19-49(34-47)74(92)116)86(128)108(7)66(36-48-18-16-32-94-40-48)83(125)102-61(39-69(91)112)80(122)99-58/h8-9,12-13,16-22,26,32,34,40-42,45-46,55-63,65-66,72,109H,10-11,14-15,23-25,27-31,33,35-39,43-44,88H2,1-7H3,(H2,89,110)(H2,90,111)(H2,91,112)(H2,92,116)(H2,93,117)(H,95,113)(H,96,121)(H,97,126)(H,98,120)(H,99,122)(H,100,118)(H,101,124)(H,102,125)(H,103,119)(H,104,123)(H,114,115)/t46-,55+,56+,57+,58+,59+,60+,61+,62-,63+,65+,66+,72+/m1/s1. The van der Waals surface area contributed by atoms with Gasteiger partial charge in [0.25, 0.3) is 0 Å². The van der Waals surface area contributed by atoms with E-state index in [1.807, 2.05) is 0 Å². The molecule has 1 fully saturated rings. The molecule has 0 spiro atoms. The van der Waals surface area contributed by atoms with Crippen LogP contribution in [0, 0.1) is 5.92 Å². The molecule has 3 aromatic heterocycles. The van der Waals surface area contributed by atoms with Gasteiger partial charge in [-0.3, -0.25) is 91.3 Å². The van der Waals surface area contributed by atoms with E-state index in [9.17, 15) is 58.2 Å². The second kappa shape index (κ2) is 49.3. The lowest BCUT2D eigenvalue weighted by Crippen LogP contribution is -2.62. The molecule has 0 bridgehead atoms. The quantitative estimate of drug-likeness (QED) is 0.0206. The largest absolute Gasteiger partial charge is 0.481 e. The van der Waals surface area contributed by atoms with Crippen LogP contribution < -0.4 is 87.6 Å². The zero-order valence-corrected chi connectivity index (χ0v) is 74.3. The maximum atomic E-state index is 15.6. The molecule has 3 aromatic carbocycles. The zero-order valence-electron chi connectivity index (χ0n) is 72.8. The molecule has 0 radical (unpaired) electrons. The monoisotopic (exact) mass is 1830 g/mol. The molecule has 4 heterocycles. The number of carboxylic acids is 1. The molecular weight excluding hydrogens is 1710 g/mol. The highest BCUT2D eigenvalue weighted by Gasteiger charge is 2.42. The van der Waals surface area contributed by atoms with Crippen LogP contribution in [-0.2, 0) is 121 Å². The summed E-state index contributed by atoms with van der Waals surface area (Å²) >= 11 is 7.45. The Kier molecular flexibility index (Phi) is 39.4. The summed E-state index contributed by atoms with van der Waals surface area (Å²) < 4.78 is 3.40. The Bertz CT molecular complexity index is 5090. The number of carbonyl (C=O) groups excluding carboxylic acids is 17. The molecule has 0 unspecified atom stereocenters. The van der Waals surface area contributed by atoms with E-state index < -0.39 is 241 Å². The van der Waals surface area contributed by atoms with E-state index in [1.165, 1.54) is 49.8 Å². The third-order valence-corrected chi connectivity index (χ3v) is 23.1. The maximum absolute atomic E-state index is 15.6. The van der Waals surface area contributed by atoms with Gasteiger partial charge in [-0.2, -0.15) is 0 Å². The van der Waals surface area contributed by atoms with Gasteiger partial charge in [0.15, 0.2) is 0 Å². The van der Waals surface area contributed by atoms with Crippen LogP contribution in [0.1, 0.15) is 137 Å². The zero-order chi connectivity index (χ0) is 95.2. The summed E-state index contributed by atoms with van der Waals surface area (Å²) in [4.78, 5) is 263. The van der Waals surface area contributed by atoms with E-state index in [2.05, 4.69) is 58.2 Å². The number of likely N-dealkylation sites (N-methyl/N-ethyl adjacent to an activating group) is 2. The molecule has 41 nitrogen and oxygen atoms in total. The van der Waals surface area contributed by atoms with Crippen molar-refractivity contribution in [3.8, 4) is 0 Å². The number of aliphatic carboxylic acids is 1. The number of aliphatic hydroxyl groups is 1. The number of hydrogen-bond acceptors (Lipinski definition) is 22. The van der Waals surface area contributed by atoms with Crippen LogP contribution in [0.4, 0.5) is 0 Å². The fourth-order valence-corrected chi connectivity index (χ4v) is 16.2. The Morgan fingerprint density at radius 1 is 0.504 bits per heavy atom. The number of pyridine rings is 1. The number of nitrogens with one attached hydrogen (secondary N) is 10. The van der Waals surface area contributed by atoms with Gasteiger partial charge >= 0.3 is 5.97 Å². The first-order valence-corrected chi connectivity index (χ1v) is 43.5. The number of rotatable bonds is 30. The second-order valence-corrected chi connectivity index (χ2v) is 33.8. The summed E-state index contributed by atoms with van der Waals surface area (Å²) in [5.41, 5.74) is 36.9. The first-order valence-electron chi connectivity index (χ1n) is 42.0. The summed E-state index contributed by atoms with van der Waals surface area (Å²) in [6.07, 6.45) is -1.69. The van der Waals surface area contributed by atoms with E-state index in [-0.39, 0.29) is 93.3 Å². The minimum absolute atomic E-state index is 0.00925. The van der Waals surface area contributed by atoms with Crippen LogP contribution in [0.3, 0.4) is 0 Å². The normalized spacial score (nSPS) is 22.3. The number of nitrogens with zero attached hydrogens (tertiary/aromatic N) is 5. The predicted octanol–water partition coefficient (Wildman–Crippen LogP) is -2.57. The Morgan fingerprint density at radius 2 is 1.02 bits per heavy atom. The third-order valence-electron chi connectivity index (χ3n) is 21.7. The van der Waals surface area contributed by atoms with Gasteiger partial charge in [0, 0.05) is 126 Å². The Morgan fingerprint density at radius 3 is 1.64 bits per heavy atom. The minimum atomic E-state index is -1.99. The van der Waals surface area contributed by atoms with Gasteiger partial charge in [-0.25, -0.2) is 0 Å². The lowest BCUT2D eigenvalue weighted by molar-refractivity contribution is -0.145. The number of nitrogens with two attached hydrogens (primary N) is 6. The van der Waals surface area contributed by atoms with Crippen molar-refractivity contribution >= 4 is 152 Å². The molecule has 17 amide bonds. The Balaban J connectivity index is 1.39. The molecule has 1 aliphatic rings. The number of benzene rings is 3. The van der Waals surface area contributed by atoms with Gasteiger partial charge in [0.05, 0.1) is 28.8 Å². The SMILES string of the molecule is CC(C)C[C@@H]1NC(=O)[C@H](CC(N)=O)NC(=O)[C@H](Cc2cccnc2)N(C)C(=O)[C@@H](Cc2cccc(C(N)=O)c2)NC(=O)CSC[C@@H](C(N)=O)NC(=O)[C@H](CCCC(N)=O)NC(=O)[C@H]([C@@H](C)O)NC(=O)[C@H](Cc2cn(C)c3ccccc23)NC(=O)[C@H](CCCCN)NC(=O)[C@H](Cc2cn(C)c3c(Cl)cccc23)NC(=O)[C@H](CCC(=O)O)N(C)C(=O)[C@H](CCCC(N)=O)NC1=O. The minimum Gasteiger partial charge on any atom is -0.481 e. The molecule has 24 N–H and O–H groups in total. The van der Waals surface area contributed by atoms with Crippen molar-refractivity contribution in [2.45, 2.75) is 209 Å². The van der Waals surface area contributed by atoms with Crippen LogP contribution in [0.5, 0.6) is 0 Å². The van der Waals surface area contributed by atoms with Gasteiger partial charge in [0.2, 0.25) is 100 Å². The Labute approximate surface area is 753 Å². The first-order chi connectivity index (χ1) is 61.0. The molecule has 698 valence electrons. The van der Waals surface area contributed by atoms with Crippen molar-refractivity contribution in [3.05, 3.63) is 136 Å². The van der Waals surface area contributed by atoms with Crippen molar-refractivity contribution in [1.29, 1.82) is 0 Å². The molecule has 7 rings (SSSR count). The fourth-order valence-electron chi connectivity index (χ4n) is 15.0. The number of aryl methyl sites for hydroxylation is 2. The number of thioether (sulfide) groups is 1. The average Bonchev–Trinajstić information content (AvgIpc) is 1.64. The maximum Gasteiger partial charge on any atom is 0.303 e. The van der Waals surface area contributed by atoms with E-state index >= 15 is 38.4 Å². The summed E-state index contributed by atoms with van der Waals surface area (Å²) in [6, 6.07) is -0.418. The summed E-state index contributed by atoms with van der Waals surface area (Å²) in [6.45, 7) is 4.52. The van der Waals surface area contributed by atoms with Crippen molar-refractivity contribution in [2.24, 2.45) is 54.4 Å². The van der Waals surface area contributed by atoms with Crippen LogP contribution in [0.2, 0.25) is 5.02 Å². The summed E-state index contributed by atoms with van der Waals surface area (Å²) in [5, 5.41) is 49.0. The van der Waals surface area contributed by atoms with Crippen molar-refractivity contribution in [2.75, 3.05) is 32.1 Å². The van der Waals surface area contributed by atoms with Gasteiger partial charge in [-0.1, -0.05) is 74.0 Å². The van der Waals surface area contributed by atoms with Gasteiger partial charge < -0.3 is 117 Å². The number of hydrogen-bond donors (Lipinski definition) is 18. The van der Waals surface area contributed by atoms with Crippen LogP contribution in [-0.4, -0.2) is 251 Å². The molecule has 43 heteroatoms. The topological polar surface area (TPSA) is 653 Å². The average molecular weight is 1830 g/mol. The molecule has 0 saturated carbocycles. The number of halogens is 1. The number of fused-ring (bicyclic) bond motifs is 2. The molecular formula is C86H116ClN21O20S. The molecule has 13 atom stereocenters. The predicted molar refractivity (Wildman–Crippen MR) is 475 cm³/mol. The van der Waals surface area contributed by atoms with E-state index in [4.69, 9.17) is 46.0 Å². The number of carboxylic acid groups (broad SMARTS) is 1. The number of aromatic nitrogens is 3. The highest BCUT2D eigenvalue weighted by atomic mass is 35.5. The van der Waals surface area contributed by atoms with Crippen molar-refractivity contribution < 1.29 is 96.5 Å². The molecule has 0 aliphatic carbocycles. The highest BCUT2D eigenvalue weighted by Crippen LogP contribution is 2.30. The van der Waals surface area contributed by atoms with Crippen molar-refractivity contribution in [3.63, 3.8) is 0 Å². The number of para-hydroxylation sites is 2. The lowest BCUT2D eigenvalue weighted by atomic mass is 9.99. The van der Waals surface area contributed by atoms with E-state index in [1.54, 1.807) is 98.0 Å². The molecule has 129 heavy (non-hydrogen) atoms.